The number of hydrogen-bond donors (Lipinski definition) is 2. The summed E-state index contributed by atoms with van der Waals surface area (Å²) in [6.45, 7) is 1.70. The highest BCUT2D eigenvalue weighted by atomic mass is 32.1. The van der Waals surface area contributed by atoms with Gasteiger partial charge in [-0.1, -0.05) is 12.1 Å². The minimum Gasteiger partial charge on any atom is -0.347 e. The zero-order chi connectivity index (χ0) is 15.9. The van der Waals surface area contributed by atoms with Crippen LogP contribution in [0.3, 0.4) is 0 Å². The molecule has 2 rings (SSSR count). The SMILES string of the molecule is C[C@@H](NC(=O)CNC(=O)Cc1cccc(F)c1)c1nccs1. The Bertz CT molecular complexity index is 646. The molecule has 2 amide bonds. The third-order valence-electron chi connectivity index (χ3n) is 2.90. The van der Waals surface area contributed by atoms with Crippen LogP contribution in [0.25, 0.3) is 0 Å². The Morgan fingerprint density at radius 2 is 2.18 bits per heavy atom. The van der Waals surface area contributed by atoms with Crippen LogP contribution < -0.4 is 10.6 Å². The maximum Gasteiger partial charge on any atom is 0.239 e. The molecule has 0 fully saturated rings. The molecule has 7 heteroatoms. The lowest BCUT2D eigenvalue weighted by atomic mass is 10.1. The molecule has 0 aliphatic heterocycles. The van der Waals surface area contributed by atoms with Gasteiger partial charge in [0.05, 0.1) is 19.0 Å². The van der Waals surface area contributed by atoms with E-state index in [0.29, 0.717) is 5.56 Å². The Kier molecular flexibility index (Phi) is 5.60. The summed E-state index contributed by atoms with van der Waals surface area (Å²) in [4.78, 5) is 27.6. The molecule has 1 aromatic heterocycles. The van der Waals surface area contributed by atoms with E-state index in [-0.39, 0.29) is 36.6 Å². The standard InChI is InChI=1S/C15H16FN3O2S/c1-10(15-17-5-6-22-15)19-14(21)9-18-13(20)8-11-3-2-4-12(16)7-11/h2-7,10H,8-9H2,1H3,(H,18,20)(H,19,21)/t10-/m1/s1. The first-order chi connectivity index (χ1) is 10.5. The van der Waals surface area contributed by atoms with Crippen molar-refractivity contribution in [1.82, 2.24) is 15.6 Å². The summed E-state index contributed by atoms with van der Waals surface area (Å²) in [5.74, 6) is -1.02. The number of benzene rings is 1. The van der Waals surface area contributed by atoms with Gasteiger partial charge in [0.15, 0.2) is 0 Å². The lowest BCUT2D eigenvalue weighted by Crippen LogP contribution is -2.38. The molecule has 1 heterocycles. The number of amides is 2. The van der Waals surface area contributed by atoms with Gasteiger partial charge in [-0.05, 0) is 24.6 Å². The summed E-state index contributed by atoms with van der Waals surface area (Å²) in [5, 5.41) is 7.89. The normalized spacial score (nSPS) is 11.7. The number of rotatable bonds is 6. The number of thiazole rings is 1. The fourth-order valence-corrected chi connectivity index (χ4v) is 2.52. The monoisotopic (exact) mass is 321 g/mol. The van der Waals surface area contributed by atoms with Crippen molar-refractivity contribution in [3.8, 4) is 0 Å². The van der Waals surface area contributed by atoms with E-state index in [1.807, 2.05) is 12.3 Å². The summed E-state index contributed by atoms with van der Waals surface area (Å²) < 4.78 is 13.0. The van der Waals surface area contributed by atoms with E-state index < -0.39 is 0 Å². The number of carbonyl (C=O) groups excluding carboxylic acids is 2. The molecule has 0 aliphatic carbocycles. The van der Waals surface area contributed by atoms with Crippen LogP contribution in [0.1, 0.15) is 23.5 Å². The van der Waals surface area contributed by atoms with Crippen molar-refractivity contribution in [3.63, 3.8) is 0 Å². The van der Waals surface area contributed by atoms with Crippen LogP contribution in [0.2, 0.25) is 0 Å². The van der Waals surface area contributed by atoms with Gasteiger partial charge in [0.25, 0.3) is 0 Å². The zero-order valence-corrected chi connectivity index (χ0v) is 12.8. The molecule has 5 nitrogen and oxygen atoms in total. The Morgan fingerprint density at radius 3 is 2.86 bits per heavy atom. The van der Waals surface area contributed by atoms with Crippen molar-refractivity contribution in [2.75, 3.05) is 6.54 Å². The third-order valence-corrected chi connectivity index (χ3v) is 3.86. The van der Waals surface area contributed by atoms with Crippen LogP contribution >= 0.6 is 11.3 Å². The minimum absolute atomic E-state index is 0.0348. The Hall–Kier alpha value is -2.28. The molecule has 2 N–H and O–H groups in total. The maximum atomic E-state index is 13.0. The van der Waals surface area contributed by atoms with Gasteiger partial charge in [-0.3, -0.25) is 9.59 Å². The molecular formula is C15H16FN3O2S. The molecule has 1 atom stereocenters. The lowest BCUT2D eigenvalue weighted by molar-refractivity contribution is -0.126. The summed E-state index contributed by atoms with van der Waals surface area (Å²) in [5.41, 5.74) is 0.564. The van der Waals surface area contributed by atoms with E-state index in [4.69, 9.17) is 0 Å². The maximum absolute atomic E-state index is 13.0. The van der Waals surface area contributed by atoms with Crippen molar-refractivity contribution >= 4 is 23.2 Å². The van der Waals surface area contributed by atoms with Crippen LogP contribution in [0.5, 0.6) is 0 Å². The van der Waals surface area contributed by atoms with Gasteiger partial charge in [-0.2, -0.15) is 0 Å². The lowest BCUT2D eigenvalue weighted by Gasteiger charge is -2.11. The van der Waals surface area contributed by atoms with Gasteiger partial charge >= 0.3 is 0 Å². The number of nitrogens with one attached hydrogen (secondary N) is 2. The van der Waals surface area contributed by atoms with Gasteiger partial charge < -0.3 is 10.6 Å². The number of hydrogen-bond acceptors (Lipinski definition) is 4. The Balaban J connectivity index is 1.75. The van der Waals surface area contributed by atoms with Gasteiger partial charge in [-0.25, -0.2) is 9.37 Å². The summed E-state index contributed by atoms with van der Waals surface area (Å²) in [6, 6.07) is 5.61. The first-order valence-electron chi connectivity index (χ1n) is 6.74. The number of halogens is 1. The molecule has 0 radical (unpaired) electrons. The predicted molar refractivity (Wildman–Crippen MR) is 81.8 cm³/mol. The zero-order valence-electron chi connectivity index (χ0n) is 12.0. The van der Waals surface area contributed by atoms with Gasteiger partial charge in [0, 0.05) is 11.6 Å². The molecule has 0 spiro atoms. The first kappa shape index (κ1) is 16.1. The van der Waals surface area contributed by atoms with E-state index in [1.165, 1.54) is 23.5 Å². The Morgan fingerprint density at radius 1 is 1.36 bits per heavy atom. The molecule has 0 bridgehead atoms. The van der Waals surface area contributed by atoms with Crippen molar-refractivity contribution in [3.05, 3.63) is 52.2 Å². The number of aromatic nitrogens is 1. The molecule has 0 unspecified atom stereocenters. The largest absolute Gasteiger partial charge is 0.347 e. The van der Waals surface area contributed by atoms with Gasteiger partial charge in [0.1, 0.15) is 10.8 Å². The average Bonchev–Trinajstić information content (AvgIpc) is 2.99. The van der Waals surface area contributed by atoms with E-state index in [1.54, 1.807) is 18.3 Å². The van der Waals surface area contributed by atoms with Gasteiger partial charge in [-0.15, -0.1) is 11.3 Å². The van der Waals surface area contributed by atoms with Gasteiger partial charge in [0.2, 0.25) is 11.8 Å². The smallest absolute Gasteiger partial charge is 0.239 e. The summed E-state index contributed by atoms with van der Waals surface area (Å²) >= 11 is 1.45. The molecular weight excluding hydrogens is 305 g/mol. The fraction of sp³-hybridized carbons (Fsp3) is 0.267. The van der Waals surface area contributed by atoms with E-state index in [9.17, 15) is 14.0 Å². The van der Waals surface area contributed by atoms with Crippen molar-refractivity contribution < 1.29 is 14.0 Å². The summed E-state index contributed by atoms with van der Waals surface area (Å²) in [7, 11) is 0. The quantitative estimate of drug-likeness (QED) is 0.852. The predicted octanol–water partition coefficient (Wildman–Crippen LogP) is 1.82. The molecule has 0 saturated heterocycles. The highest BCUT2D eigenvalue weighted by Crippen LogP contribution is 2.14. The molecule has 2 aromatic rings. The Labute approximate surface area is 131 Å². The second-order valence-electron chi connectivity index (χ2n) is 4.74. The molecule has 116 valence electrons. The van der Waals surface area contributed by atoms with Crippen LogP contribution in [-0.2, 0) is 16.0 Å². The number of carbonyl (C=O) groups is 2. The summed E-state index contributed by atoms with van der Waals surface area (Å²) in [6.07, 6.45) is 1.70. The van der Waals surface area contributed by atoms with Crippen LogP contribution in [-0.4, -0.2) is 23.3 Å². The van der Waals surface area contributed by atoms with Crippen molar-refractivity contribution in [2.45, 2.75) is 19.4 Å². The number of nitrogens with zero attached hydrogens (tertiary/aromatic N) is 1. The van der Waals surface area contributed by atoms with E-state index >= 15 is 0 Å². The molecule has 1 aromatic carbocycles. The third kappa shape index (κ3) is 4.92. The van der Waals surface area contributed by atoms with Crippen LogP contribution in [0.4, 0.5) is 4.39 Å². The van der Waals surface area contributed by atoms with Crippen LogP contribution in [0.15, 0.2) is 35.8 Å². The molecule has 0 saturated carbocycles. The first-order valence-corrected chi connectivity index (χ1v) is 7.62. The fourth-order valence-electron chi connectivity index (χ4n) is 1.88. The van der Waals surface area contributed by atoms with Crippen molar-refractivity contribution in [2.24, 2.45) is 0 Å². The van der Waals surface area contributed by atoms with Crippen molar-refractivity contribution in [1.29, 1.82) is 0 Å². The average molecular weight is 321 g/mol. The highest BCUT2D eigenvalue weighted by molar-refractivity contribution is 7.09. The second-order valence-corrected chi connectivity index (χ2v) is 5.67. The highest BCUT2D eigenvalue weighted by Gasteiger charge is 2.12. The second kappa shape index (κ2) is 7.65. The van der Waals surface area contributed by atoms with E-state index in [0.717, 1.165) is 5.01 Å². The van der Waals surface area contributed by atoms with E-state index in [2.05, 4.69) is 15.6 Å². The molecule has 0 aliphatic rings. The minimum atomic E-state index is -0.389. The molecule has 22 heavy (non-hydrogen) atoms. The van der Waals surface area contributed by atoms with Crippen LogP contribution in [0, 0.1) is 5.82 Å². The topological polar surface area (TPSA) is 71.1 Å².